The SMILES string of the molecule is CO[C@@H]1CNCC[C@H]1Nc1nc2c(-c3ccc(F)c(F)c3)cccn2n1.Cl.Cl. The minimum Gasteiger partial charge on any atom is -0.378 e. The zero-order valence-electron chi connectivity index (χ0n) is 15.1. The highest BCUT2D eigenvalue weighted by molar-refractivity contribution is 5.85. The number of hydrogen-bond acceptors (Lipinski definition) is 5. The Bertz CT molecular complexity index is 939. The van der Waals surface area contributed by atoms with E-state index in [-0.39, 0.29) is 37.0 Å². The number of methoxy groups -OCH3 is 1. The molecule has 2 atom stereocenters. The maximum Gasteiger partial charge on any atom is 0.243 e. The first-order valence-corrected chi connectivity index (χ1v) is 8.46. The molecule has 2 N–H and O–H groups in total. The van der Waals surface area contributed by atoms with Crippen LogP contribution < -0.4 is 10.6 Å². The summed E-state index contributed by atoms with van der Waals surface area (Å²) in [5, 5.41) is 11.1. The maximum atomic E-state index is 13.6. The molecule has 6 nitrogen and oxygen atoms in total. The number of pyridine rings is 1. The van der Waals surface area contributed by atoms with Crippen molar-refractivity contribution in [2.24, 2.45) is 0 Å². The standard InChI is InChI=1S/C18H19F2N5O.2ClH/c1-26-16-10-21-7-6-15(16)22-18-23-17-12(3-2-8-25(17)24-18)11-4-5-13(19)14(20)9-11;;/h2-5,8-9,15-16,21H,6-7,10H2,1H3,(H,22,24);2*1H/t15-,16-;;/m1../s1. The van der Waals surface area contributed by atoms with Gasteiger partial charge in [-0.15, -0.1) is 29.9 Å². The molecular weight excluding hydrogens is 411 g/mol. The zero-order valence-corrected chi connectivity index (χ0v) is 16.7. The lowest BCUT2D eigenvalue weighted by Gasteiger charge is -2.31. The van der Waals surface area contributed by atoms with Gasteiger partial charge in [-0.3, -0.25) is 0 Å². The Labute approximate surface area is 173 Å². The summed E-state index contributed by atoms with van der Waals surface area (Å²) in [6, 6.07) is 7.52. The highest BCUT2D eigenvalue weighted by atomic mass is 35.5. The van der Waals surface area contributed by atoms with Crippen LogP contribution in [0.3, 0.4) is 0 Å². The number of nitrogens with zero attached hydrogens (tertiary/aromatic N) is 3. The van der Waals surface area contributed by atoms with Gasteiger partial charge < -0.3 is 15.4 Å². The van der Waals surface area contributed by atoms with E-state index in [1.165, 1.54) is 12.1 Å². The van der Waals surface area contributed by atoms with Crippen LogP contribution in [0.4, 0.5) is 14.7 Å². The number of benzene rings is 1. The van der Waals surface area contributed by atoms with Crippen LogP contribution in [0.25, 0.3) is 16.8 Å². The Morgan fingerprint density at radius 2 is 2.04 bits per heavy atom. The molecule has 1 saturated heterocycles. The van der Waals surface area contributed by atoms with Gasteiger partial charge >= 0.3 is 0 Å². The van der Waals surface area contributed by atoms with Crippen LogP contribution in [0.5, 0.6) is 0 Å². The topological polar surface area (TPSA) is 63.5 Å². The smallest absolute Gasteiger partial charge is 0.243 e. The fourth-order valence-electron chi connectivity index (χ4n) is 3.26. The minimum atomic E-state index is -0.889. The van der Waals surface area contributed by atoms with Crippen molar-refractivity contribution >= 4 is 36.4 Å². The lowest BCUT2D eigenvalue weighted by atomic mass is 10.0. The van der Waals surface area contributed by atoms with E-state index < -0.39 is 11.6 Å². The van der Waals surface area contributed by atoms with Crippen molar-refractivity contribution in [2.75, 3.05) is 25.5 Å². The fourth-order valence-corrected chi connectivity index (χ4v) is 3.26. The van der Waals surface area contributed by atoms with Crippen LogP contribution in [0.1, 0.15) is 6.42 Å². The first-order valence-electron chi connectivity index (χ1n) is 8.46. The number of rotatable bonds is 4. The summed E-state index contributed by atoms with van der Waals surface area (Å²) >= 11 is 0. The first kappa shape index (κ1) is 22.3. The van der Waals surface area contributed by atoms with Gasteiger partial charge in [-0.1, -0.05) is 6.07 Å². The molecule has 0 amide bonds. The van der Waals surface area contributed by atoms with E-state index in [2.05, 4.69) is 20.7 Å². The quantitative estimate of drug-likeness (QED) is 0.663. The molecule has 1 aliphatic rings. The molecule has 10 heteroatoms. The number of anilines is 1. The Balaban J connectivity index is 0.00000140. The van der Waals surface area contributed by atoms with Crippen LogP contribution in [-0.2, 0) is 4.74 Å². The number of halogens is 4. The number of fused-ring (bicyclic) bond motifs is 1. The second-order valence-electron chi connectivity index (χ2n) is 6.27. The summed E-state index contributed by atoms with van der Waals surface area (Å²) < 4.78 is 34.0. The van der Waals surface area contributed by atoms with Crippen molar-refractivity contribution in [1.82, 2.24) is 19.9 Å². The third-order valence-electron chi connectivity index (χ3n) is 4.64. The Hall–Kier alpha value is -2.00. The molecule has 4 rings (SSSR count). The molecule has 1 aliphatic heterocycles. The molecule has 2 aromatic heterocycles. The predicted octanol–water partition coefficient (Wildman–Crippen LogP) is 3.31. The van der Waals surface area contributed by atoms with Crippen molar-refractivity contribution < 1.29 is 13.5 Å². The van der Waals surface area contributed by atoms with Gasteiger partial charge in [-0.25, -0.2) is 13.3 Å². The number of hydrogen-bond donors (Lipinski definition) is 2. The number of aromatic nitrogens is 3. The van der Waals surface area contributed by atoms with Crippen molar-refractivity contribution in [3.05, 3.63) is 48.2 Å². The van der Waals surface area contributed by atoms with Crippen LogP contribution in [0, 0.1) is 11.6 Å². The van der Waals surface area contributed by atoms with Gasteiger partial charge in [0.15, 0.2) is 17.3 Å². The molecule has 0 radical (unpaired) electrons. The van der Waals surface area contributed by atoms with Crippen LogP contribution >= 0.6 is 24.8 Å². The molecule has 28 heavy (non-hydrogen) atoms. The van der Waals surface area contributed by atoms with Gasteiger partial charge in [0.05, 0.1) is 12.1 Å². The third-order valence-corrected chi connectivity index (χ3v) is 4.64. The average molecular weight is 432 g/mol. The van der Waals surface area contributed by atoms with Gasteiger partial charge in [0, 0.05) is 25.4 Å². The summed E-state index contributed by atoms with van der Waals surface area (Å²) in [4.78, 5) is 4.55. The number of nitrogens with one attached hydrogen (secondary N) is 2. The van der Waals surface area contributed by atoms with E-state index in [9.17, 15) is 8.78 Å². The van der Waals surface area contributed by atoms with Gasteiger partial charge in [0.1, 0.15) is 0 Å². The van der Waals surface area contributed by atoms with E-state index >= 15 is 0 Å². The molecule has 0 bridgehead atoms. The Kier molecular flexibility index (Phi) is 7.54. The van der Waals surface area contributed by atoms with Crippen molar-refractivity contribution in [2.45, 2.75) is 18.6 Å². The fraction of sp³-hybridized carbons (Fsp3) is 0.333. The molecule has 152 valence electrons. The van der Waals surface area contributed by atoms with E-state index in [0.29, 0.717) is 22.7 Å². The monoisotopic (exact) mass is 431 g/mol. The van der Waals surface area contributed by atoms with Gasteiger partial charge in [-0.05, 0) is 42.8 Å². The molecule has 0 spiro atoms. The van der Waals surface area contributed by atoms with Crippen LogP contribution in [0.15, 0.2) is 36.5 Å². The van der Waals surface area contributed by atoms with E-state index in [1.807, 2.05) is 6.07 Å². The highest BCUT2D eigenvalue weighted by Gasteiger charge is 2.25. The van der Waals surface area contributed by atoms with E-state index in [4.69, 9.17) is 4.74 Å². The largest absolute Gasteiger partial charge is 0.378 e. The van der Waals surface area contributed by atoms with Gasteiger partial charge in [0.2, 0.25) is 5.95 Å². The summed E-state index contributed by atoms with van der Waals surface area (Å²) in [6.07, 6.45) is 2.69. The molecule has 0 unspecified atom stereocenters. The Morgan fingerprint density at radius 3 is 2.79 bits per heavy atom. The molecule has 0 aliphatic carbocycles. The number of ether oxygens (including phenoxy) is 1. The molecule has 1 fully saturated rings. The first-order chi connectivity index (χ1) is 12.7. The lowest BCUT2D eigenvalue weighted by molar-refractivity contribution is 0.0704. The molecule has 1 aromatic carbocycles. The predicted molar refractivity (Wildman–Crippen MR) is 109 cm³/mol. The summed E-state index contributed by atoms with van der Waals surface area (Å²) in [7, 11) is 1.69. The summed E-state index contributed by atoms with van der Waals surface area (Å²) in [5.74, 6) is -1.28. The van der Waals surface area contributed by atoms with Crippen molar-refractivity contribution in [3.63, 3.8) is 0 Å². The summed E-state index contributed by atoms with van der Waals surface area (Å²) in [6.45, 7) is 1.66. The van der Waals surface area contributed by atoms with Gasteiger partial charge in [-0.2, -0.15) is 4.98 Å². The molecule has 3 heterocycles. The van der Waals surface area contributed by atoms with Crippen molar-refractivity contribution in [3.8, 4) is 11.1 Å². The van der Waals surface area contributed by atoms with E-state index in [0.717, 1.165) is 25.6 Å². The molecule has 3 aromatic rings. The minimum absolute atomic E-state index is 0. The van der Waals surface area contributed by atoms with Crippen molar-refractivity contribution in [1.29, 1.82) is 0 Å². The second kappa shape index (κ2) is 9.47. The number of piperidine rings is 1. The molecule has 0 saturated carbocycles. The third kappa shape index (κ3) is 4.35. The van der Waals surface area contributed by atoms with Gasteiger partial charge in [0.25, 0.3) is 0 Å². The normalized spacial score (nSPS) is 19.0. The summed E-state index contributed by atoms with van der Waals surface area (Å²) in [5.41, 5.74) is 1.80. The Morgan fingerprint density at radius 1 is 1.21 bits per heavy atom. The zero-order chi connectivity index (χ0) is 18.1. The van der Waals surface area contributed by atoms with E-state index in [1.54, 1.807) is 23.9 Å². The lowest BCUT2D eigenvalue weighted by Crippen LogP contribution is -2.48. The molecular formula is C18H21Cl2F2N5O. The van der Waals surface area contributed by atoms with Crippen LogP contribution in [0.2, 0.25) is 0 Å². The average Bonchev–Trinajstić information content (AvgIpc) is 3.07. The maximum absolute atomic E-state index is 13.6. The second-order valence-corrected chi connectivity index (χ2v) is 6.27. The van der Waals surface area contributed by atoms with Crippen LogP contribution in [-0.4, -0.2) is 46.9 Å². The highest BCUT2D eigenvalue weighted by Crippen LogP contribution is 2.26.